The summed E-state index contributed by atoms with van der Waals surface area (Å²) in [6, 6.07) is 4.62. The summed E-state index contributed by atoms with van der Waals surface area (Å²) in [4.78, 5) is 21.8. The maximum atomic E-state index is 11.0. The highest BCUT2D eigenvalue weighted by molar-refractivity contribution is 6.36. The zero-order chi connectivity index (χ0) is 12.3. The summed E-state index contributed by atoms with van der Waals surface area (Å²) in [5.41, 5.74) is 5.20. The number of carboxylic acids is 1. The molecule has 0 saturated heterocycles. The molecule has 1 aromatic carbocycles. The first-order valence-electron chi connectivity index (χ1n) is 4.38. The van der Waals surface area contributed by atoms with Gasteiger partial charge in [0.25, 0.3) is 0 Å². The molecule has 0 radical (unpaired) electrons. The molecule has 1 atom stereocenters. The fourth-order valence-electron chi connectivity index (χ4n) is 1.36. The minimum Gasteiger partial charge on any atom is -0.481 e. The van der Waals surface area contributed by atoms with Gasteiger partial charge >= 0.3 is 5.97 Å². The Morgan fingerprint density at radius 2 is 1.81 bits per heavy atom. The van der Waals surface area contributed by atoms with E-state index in [0.717, 1.165) is 0 Å². The summed E-state index contributed by atoms with van der Waals surface area (Å²) in [5.74, 6) is -3.02. The molecule has 1 amide bonds. The van der Waals surface area contributed by atoms with Crippen LogP contribution in [0.15, 0.2) is 18.2 Å². The van der Waals surface area contributed by atoms with E-state index >= 15 is 0 Å². The second-order valence-electron chi connectivity index (χ2n) is 3.20. The van der Waals surface area contributed by atoms with E-state index in [0.29, 0.717) is 0 Å². The van der Waals surface area contributed by atoms with Gasteiger partial charge in [-0.25, -0.2) is 0 Å². The van der Waals surface area contributed by atoms with E-state index in [9.17, 15) is 9.59 Å². The first-order chi connectivity index (χ1) is 7.43. The predicted octanol–water partition coefficient (Wildman–Crippen LogP) is 2.04. The zero-order valence-corrected chi connectivity index (χ0v) is 9.63. The number of rotatable bonds is 4. The van der Waals surface area contributed by atoms with Gasteiger partial charge in [-0.3, -0.25) is 9.59 Å². The van der Waals surface area contributed by atoms with Crippen molar-refractivity contribution in [3.05, 3.63) is 33.8 Å². The van der Waals surface area contributed by atoms with Gasteiger partial charge in [0.15, 0.2) is 0 Å². The lowest BCUT2D eigenvalue weighted by molar-refractivity contribution is -0.140. The second kappa shape index (κ2) is 5.18. The molecule has 1 rings (SSSR count). The number of nitrogens with two attached hydrogens (primary N) is 1. The van der Waals surface area contributed by atoms with Gasteiger partial charge in [0.1, 0.15) is 0 Å². The Kier molecular flexibility index (Phi) is 4.15. The van der Waals surface area contributed by atoms with E-state index < -0.39 is 17.8 Å². The first kappa shape index (κ1) is 12.8. The average molecular weight is 262 g/mol. The zero-order valence-electron chi connectivity index (χ0n) is 8.11. The summed E-state index contributed by atoms with van der Waals surface area (Å²) in [6.07, 6.45) is -0.335. The third-order valence-electron chi connectivity index (χ3n) is 2.05. The summed E-state index contributed by atoms with van der Waals surface area (Å²) >= 11 is 11.7. The molecule has 0 spiro atoms. The maximum Gasteiger partial charge on any atom is 0.311 e. The number of benzene rings is 1. The third-order valence-corrected chi connectivity index (χ3v) is 2.71. The highest BCUT2D eigenvalue weighted by Gasteiger charge is 2.26. The molecular formula is C10H9Cl2NO3. The SMILES string of the molecule is NC(=O)CC(C(=O)O)c1c(Cl)cccc1Cl. The van der Waals surface area contributed by atoms with E-state index in [1.165, 1.54) is 12.1 Å². The van der Waals surface area contributed by atoms with Crippen LogP contribution in [0.2, 0.25) is 10.0 Å². The molecule has 0 saturated carbocycles. The summed E-state index contributed by atoms with van der Waals surface area (Å²) in [7, 11) is 0. The van der Waals surface area contributed by atoms with Gasteiger partial charge in [0.05, 0.1) is 5.92 Å². The highest BCUT2D eigenvalue weighted by atomic mass is 35.5. The molecule has 0 aliphatic carbocycles. The van der Waals surface area contributed by atoms with Gasteiger partial charge in [-0.15, -0.1) is 0 Å². The number of hydrogen-bond acceptors (Lipinski definition) is 2. The summed E-state index contributed by atoms with van der Waals surface area (Å²) in [6.45, 7) is 0. The Morgan fingerprint density at radius 3 is 2.19 bits per heavy atom. The van der Waals surface area contributed by atoms with Gasteiger partial charge in [-0.2, -0.15) is 0 Å². The molecule has 16 heavy (non-hydrogen) atoms. The van der Waals surface area contributed by atoms with Gasteiger partial charge in [0.2, 0.25) is 5.91 Å². The van der Waals surface area contributed by atoms with E-state index in [-0.39, 0.29) is 22.0 Å². The minimum atomic E-state index is -1.19. The molecule has 0 fully saturated rings. The van der Waals surface area contributed by atoms with Crippen LogP contribution in [0.1, 0.15) is 17.9 Å². The normalized spacial score (nSPS) is 12.1. The topological polar surface area (TPSA) is 80.4 Å². The lowest BCUT2D eigenvalue weighted by atomic mass is 9.95. The van der Waals surface area contributed by atoms with Crippen molar-refractivity contribution in [3.63, 3.8) is 0 Å². The molecule has 0 bridgehead atoms. The van der Waals surface area contributed by atoms with Crippen molar-refractivity contribution in [3.8, 4) is 0 Å². The van der Waals surface area contributed by atoms with Crippen molar-refractivity contribution in [1.82, 2.24) is 0 Å². The quantitative estimate of drug-likeness (QED) is 0.871. The lowest BCUT2D eigenvalue weighted by Crippen LogP contribution is -2.21. The number of carbonyl (C=O) groups is 2. The maximum absolute atomic E-state index is 11.0. The van der Waals surface area contributed by atoms with Crippen molar-refractivity contribution in [2.45, 2.75) is 12.3 Å². The summed E-state index contributed by atoms with van der Waals surface area (Å²) < 4.78 is 0. The van der Waals surface area contributed by atoms with Crippen molar-refractivity contribution >= 4 is 35.1 Å². The standard InChI is InChI=1S/C10H9Cl2NO3/c11-6-2-1-3-7(12)9(6)5(10(15)16)4-8(13)14/h1-3,5H,4H2,(H2,13,14)(H,15,16). The number of aliphatic carboxylic acids is 1. The van der Waals surface area contributed by atoms with Crippen molar-refractivity contribution in [2.75, 3.05) is 0 Å². The molecule has 1 aromatic rings. The highest BCUT2D eigenvalue weighted by Crippen LogP contribution is 2.33. The van der Waals surface area contributed by atoms with E-state index in [1.54, 1.807) is 6.07 Å². The van der Waals surface area contributed by atoms with Crippen molar-refractivity contribution in [2.24, 2.45) is 5.73 Å². The molecular weight excluding hydrogens is 253 g/mol. The molecule has 0 heterocycles. The number of carbonyl (C=O) groups excluding carboxylic acids is 1. The Morgan fingerprint density at radius 1 is 1.31 bits per heavy atom. The molecule has 1 unspecified atom stereocenters. The minimum absolute atomic E-state index is 0.209. The smallest absolute Gasteiger partial charge is 0.311 e. The van der Waals surface area contributed by atoms with Crippen LogP contribution in [0, 0.1) is 0 Å². The number of carboxylic acid groups (broad SMARTS) is 1. The largest absolute Gasteiger partial charge is 0.481 e. The van der Waals surface area contributed by atoms with Gasteiger partial charge in [-0.05, 0) is 12.1 Å². The fourth-order valence-corrected chi connectivity index (χ4v) is 2.02. The van der Waals surface area contributed by atoms with Crippen LogP contribution in [0.4, 0.5) is 0 Å². The molecule has 0 aliphatic rings. The molecule has 0 aromatic heterocycles. The second-order valence-corrected chi connectivity index (χ2v) is 4.01. The summed E-state index contributed by atoms with van der Waals surface area (Å²) in [5, 5.41) is 9.42. The molecule has 86 valence electrons. The monoisotopic (exact) mass is 261 g/mol. The van der Waals surface area contributed by atoms with Crippen LogP contribution in [-0.2, 0) is 9.59 Å². The Balaban J connectivity index is 3.20. The van der Waals surface area contributed by atoms with E-state index in [2.05, 4.69) is 0 Å². The van der Waals surface area contributed by atoms with Crippen LogP contribution in [0.25, 0.3) is 0 Å². The van der Waals surface area contributed by atoms with Crippen molar-refractivity contribution in [1.29, 1.82) is 0 Å². The molecule has 0 aliphatic heterocycles. The molecule has 4 nitrogen and oxygen atoms in total. The van der Waals surface area contributed by atoms with E-state index in [4.69, 9.17) is 34.0 Å². The Labute approximate surface area is 102 Å². The number of halogens is 2. The van der Waals surface area contributed by atoms with E-state index in [1.807, 2.05) is 0 Å². The number of primary amides is 1. The van der Waals surface area contributed by atoms with Crippen LogP contribution in [0.3, 0.4) is 0 Å². The first-order valence-corrected chi connectivity index (χ1v) is 5.14. The Bertz CT molecular complexity index is 414. The van der Waals surface area contributed by atoms with Gasteiger partial charge < -0.3 is 10.8 Å². The predicted molar refractivity (Wildman–Crippen MR) is 60.7 cm³/mol. The van der Waals surface area contributed by atoms with Crippen LogP contribution >= 0.6 is 23.2 Å². The van der Waals surface area contributed by atoms with Crippen LogP contribution in [0.5, 0.6) is 0 Å². The number of amides is 1. The third kappa shape index (κ3) is 2.87. The average Bonchev–Trinajstić information content (AvgIpc) is 2.15. The van der Waals surface area contributed by atoms with Crippen LogP contribution < -0.4 is 5.73 Å². The lowest BCUT2D eigenvalue weighted by Gasteiger charge is -2.14. The van der Waals surface area contributed by atoms with Crippen LogP contribution in [-0.4, -0.2) is 17.0 Å². The fraction of sp³-hybridized carbons (Fsp3) is 0.200. The van der Waals surface area contributed by atoms with Crippen molar-refractivity contribution < 1.29 is 14.7 Å². The van der Waals surface area contributed by atoms with Gasteiger partial charge in [0, 0.05) is 22.0 Å². The molecule has 3 N–H and O–H groups in total. The Hall–Kier alpha value is -1.26. The molecule has 6 heteroatoms. The van der Waals surface area contributed by atoms with Gasteiger partial charge in [-0.1, -0.05) is 29.3 Å². The number of hydrogen-bond donors (Lipinski definition) is 2.